The van der Waals surface area contributed by atoms with Crippen molar-refractivity contribution in [3.63, 3.8) is 0 Å². The van der Waals surface area contributed by atoms with E-state index in [2.05, 4.69) is 29.3 Å². The van der Waals surface area contributed by atoms with Crippen LogP contribution in [-0.2, 0) is 4.74 Å². The summed E-state index contributed by atoms with van der Waals surface area (Å²) in [6.07, 6.45) is 5.37. The molecule has 1 unspecified atom stereocenters. The highest BCUT2D eigenvalue weighted by Crippen LogP contribution is 2.22. The summed E-state index contributed by atoms with van der Waals surface area (Å²) in [5.74, 6) is 4.34. The molecule has 2 rings (SSSR count). The van der Waals surface area contributed by atoms with Crippen LogP contribution < -0.4 is 10.6 Å². The lowest BCUT2D eigenvalue weighted by Gasteiger charge is -2.20. The topological polar surface area (TPSA) is 45.7 Å². The van der Waals surface area contributed by atoms with Gasteiger partial charge in [-0.3, -0.25) is 4.99 Å². The molecule has 0 bridgehead atoms. The number of nitrogens with zero attached hydrogens (tertiary/aromatic N) is 1. The molecule has 2 aliphatic rings. The highest BCUT2D eigenvalue weighted by atomic mass is 32.2. The van der Waals surface area contributed by atoms with Gasteiger partial charge in [0.2, 0.25) is 0 Å². The predicted octanol–water partition coefficient (Wildman–Crippen LogP) is 1.86. The molecule has 2 N–H and O–H groups in total. The lowest BCUT2D eigenvalue weighted by atomic mass is 10.0. The second-order valence-corrected chi connectivity index (χ2v) is 6.52. The molecule has 110 valence electrons. The molecule has 0 aliphatic carbocycles. The second kappa shape index (κ2) is 8.69. The fraction of sp³-hybridized carbons (Fsp3) is 0.929. The van der Waals surface area contributed by atoms with Gasteiger partial charge in [-0.1, -0.05) is 0 Å². The first-order chi connectivity index (χ1) is 9.38. The Kier molecular flexibility index (Phi) is 6.85. The van der Waals surface area contributed by atoms with Crippen LogP contribution in [0.3, 0.4) is 0 Å². The van der Waals surface area contributed by atoms with E-state index < -0.39 is 0 Å². The molecule has 2 aliphatic heterocycles. The Balaban J connectivity index is 1.72. The molecule has 0 saturated carbocycles. The number of ether oxygens (including phenoxy) is 1. The molecule has 0 aromatic heterocycles. The number of hydrogen-bond donors (Lipinski definition) is 2. The van der Waals surface area contributed by atoms with Crippen LogP contribution in [0.25, 0.3) is 0 Å². The first-order valence-electron chi connectivity index (χ1n) is 7.60. The van der Waals surface area contributed by atoms with E-state index in [1.165, 1.54) is 37.2 Å². The summed E-state index contributed by atoms with van der Waals surface area (Å²) in [7, 11) is 0. The van der Waals surface area contributed by atoms with Crippen molar-refractivity contribution >= 4 is 17.7 Å². The van der Waals surface area contributed by atoms with Gasteiger partial charge in [-0.2, -0.15) is 11.8 Å². The van der Waals surface area contributed by atoms with Crippen LogP contribution in [-0.4, -0.2) is 49.8 Å². The Labute approximate surface area is 121 Å². The van der Waals surface area contributed by atoms with Crippen LogP contribution in [0.1, 0.15) is 32.6 Å². The lowest BCUT2D eigenvalue weighted by Crippen LogP contribution is -2.41. The molecule has 0 radical (unpaired) electrons. The maximum Gasteiger partial charge on any atom is 0.191 e. The summed E-state index contributed by atoms with van der Waals surface area (Å²) in [6.45, 7) is 5.78. The molecule has 2 saturated heterocycles. The van der Waals surface area contributed by atoms with E-state index in [1.54, 1.807) is 0 Å². The van der Waals surface area contributed by atoms with Crippen LogP contribution in [0.2, 0.25) is 0 Å². The van der Waals surface area contributed by atoms with Crippen molar-refractivity contribution in [1.82, 2.24) is 10.6 Å². The van der Waals surface area contributed by atoms with Crippen LogP contribution in [0, 0.1) is 5.92 Å². The molecule has 0 aromatic carbocycles. The van der Waals surface area contributed by atoms with E-state index in [1.807, 2.05) is 0 Å². The average Bonchev–Trinajstić information content (AvgIpc) is 2.96. The fourth-order valence-corrected chi connectivity index (χ4v) is 3.71. The zero-order chi connectivity index (χ0) is 13.3. The fourth-order valence-electron chi connectivity index (χ4n) is 2.51. The summed E-state index contributed by atoms with van der Waals surface area (Å²) in [5, 5.41) is 6.74. The molecule has 0 amide bonds. The summed E-state index contributed by atoms with van der Waals surface area (Å²) in [6, 6.07) is 0. The smallest absolute Gasteiger partial charge is 0.191 e. The summed E-state index contributed by atoms with van der Waals surface area (Å²) in [4.78, 5) is 4.73. The van der Waals surface area contributed by atoms with Crippen molar-refractivity contribution < 1.29 is 4.74 Å². The molecule has 0 aromatic rings. The van der Waals surface area contributed by atoms with Gasteiger partial charge >= 0.3 is 0 Å². The van der Waals surface area contributed by atoms with E-state index in [-0.39, 0.29) is 0 Å². The molecular formula is C14H27N3OS. The normalized spacial score (nSPS) is 25.5. The minimum Gasteiger partial charge on any atom is -0.376 e. The Morgan fingerprint density at radius 2 is 2.11 bits per heavy atom. The van der Waals surface area contributed by atoms with Crippen molar-refractivity contribution in [2.24, 2.45) is 10.9 Å². The van der Waals surface area contributed by atoms with Gasteiger partial charge in [-0.15, -0.1) is 0 Å². The highest BCUT2D eigenvalue weighted by Gasteiger charge is 2.16. The molecule has 19 heavy (non-hydrogen) atoms. The quantitative estimate of drug-likeness (QED) is 0.598. The van der Waals surface area contributed by atoms with Crippen LogP contribution in [0.4, 0.5) is 0 Å². The van der Waals surface area contributed by atoms with E-state index in [4.69, 9.17) is 9.73 Å². The van der Waals surface area contributed by atoms with Crippen molar-refractivity contribution in [1.29, 1.82) is 0 Å². The SMILES string of the molecule is CCNC(=NCC1CCSCC1)NCC1CCCO1. The molecule has 1 atom stereocenters. The molecular weight excluding hydrogens is 258 g/mol. The van der Waals surface area contributed by atoms with Gasteiger partial charge in [0.1, 0.15) is 0 Å². The Bertz CT molecular complexity index is 274. The summed E-state index contributed by atoms with van der Waals surface area (Å²) >= 11 is 2.07. The number of aliphatic imine (C=N–C) groups is 1. The molecule has 0 spiro atoms. The third-order valence-corrected chi connectivity index (χ3v) is 4.76. The van der Waals surface area contributed by atoms with Crippen LogP contribution in [0.15, 0.2) is 4.99 Å². The molecule has 2 heterocycles. The average molecular weight is 285 g/mol. The summed E-state index contributed by atoms with van der Waals surface area (Å²) < 4.78 is 5.63. The van der Waals surface area contributed by atoms with Crippen molar-refractivity contribution in [2.45, 2.75) is 38.7 Å². The third-order valence-electron chi connectivity index (χ3n) is 3.71. The summed E-state index contributed by atoms with van der Waals surface area (Å²) in [5.41, 5.74) is 0. The van der Waals surface area contributed by atoms with E-state index >= 15 is 0 Å². The van der Waals surface area contributed by atoms with E-state index in [9.17, 15) is 0 Å². The van der Waals surface area contributed by atoms with Gasteiger partial charge in [0.15, 0.2) is 5.96 Å². The highest BCUT2D eigenvalue weighted by molar-refractivity contribution is 7.99. The van der Waals surface area contributed by atoms with E-state index in [0.717, 1.165) is 38.1 Å². The first kappa shape index (κ1) is 15.0. The minimum absolute atomic E-state index is 0.370. The van der Waals surface area contributed by atoms with Gasteiger partial charge in [-0.05, 0) is 50.0 Å². The zero-order valence-corrected chi connectivity index (χ0v) is 12.8. The maximum absolute atomic E-state index is 5.63. The van der Waals surface area contributed by atoms with Gasteiger partial charge in [0.05, 0.1) is 6.10 Å². The maximum atomic E-state index is 5.63. The van der Waals surface area contributed by atoms with Crippen molar-refractivity contribution in [3.8, 4) is 0 Å². The number of rotatable bonds is 5. The first-order valence-corrected chi connectivity index (χ1v) is 8.75. The van der Waals surface area contributed by atoms with Gasteiger partial charge in [0.25, 0.3) is 0 Å². The number of hydrogen-bond acceptors (Lipinski definition) is 3. The Hall–Kier alpha value is -0.420. The van der Waals surface area contributed by atoms with Gasteiger partial charge in [-0.25, -0.2) is 0 Å². The molecule has 5 heteroatoms. The largest absolute Gasteiger partial charge is 0.376 e. The third kappa shape index (κ3) is 5.61. The van der Waals surface area contributed by atoms with Gasteiger partial charge in [0, 0.05) is 26.2 Å². The van der Waals surface area contributed by atoms with Crippen LogP contribution >= 0.6 is 11.8 Å². The van der Waals surface area contributed by atoms with Crippen molar-refractivity contribution in [2.75, 3.05) is 37.7 Å². The van der Waals surface area contributed by atoms with Crippen LogP contribution in [0.5, 0.6) is 0 Å². The minimum atomic E-state index is 0.370. The number of nitrogens with one attached hydrogen (secondary N) is 2. The molecule has 2 fully saturated rings. The Morgan fingerprint density at radius 1 is 1.26 bits per heavy atom. The standard InChI is InChI=1S/C14H27N3OS/c1-2-15-14(17-11-13-4-3-7-18-13)16-10-12-5-8-19-9-6-12/h12-13H,2-11H2,1H3,(H2,15,16,17). The van der Waals surface area contributed by atoms with Gasteiger partial charge < -0.3 is 15.4 Å². The monoisotopic (exact) mass is 285 g/mol. The number of guanidine groups is 1. The molecule has 4 nitrogen and oxygen atoms in total. The van der Waals surface area contributed by atoms with E-state index in [0.29, 0.717) is 6.10 Å². The Morgan fingerprint density at radius 3 is 2.79 bits per heavy atom. The predicted molar refractivity (Wildman–Crippen MR) is 83.0 cm³/mol. The lowest BCUT2D eigenvalue weighted by molar-refractivity contribution is 0.114. The number of thioether (sulfide) groups is 1. The van der Waals surface area contributed by atoms with Crippen molar-refractivity contribution in [3.05, 3.63) is 0 Å². The second-order valence-electron chi connectivity index (χ2n) is 5.29. The zero-order valence-electron chi connectivity index (χ0n) is 12.0.